The van der Waals surface area contributed by atoms with E-state index in [2.05, 4.69) is 27.6 Å². The van der Waals surface area contributed by atoms with Gasteiger partial charge in [-0.1, -0.05) is 47.6 Å². The van der Waals surface area contributed by atoms with Crippen LogP contribution in [0.3, 0.4) is 0 Å². The Bertz CT molecular complexity index is 957. The minimum Gasteiger partial charge on any atom is -0.496 e. The van der Waals surface area contributed by atoms with E-state index in [0.29, 0.717) is 30.6 Å². The smallest absolute Gasteiger partial charge is 0.318 e. The van der Waals surface area contributed by atoms with Crippen molar-refractivity contribution in [3.63, 3.8) is 0 Å². The van der Waals surface area contributed by atoms with Crippen molar-refractivity contribution in [2.75, 3.05) is 20.2 Å². The summed E-state index contributed by atoms with van der Waals surface area (Å²) in [4.78, 5) is 19.0. The van der Waals surface area contributed by atoms with Gasteiger partial charge in [0.15, 0.2) is 0 Å². The van der Waals surface area contributed by atoms with Crippen molar-refractivity contribution in [1.29, 1.82) is 0 Å². The van der Waals surface area contributed by atoms with Crippen molar-refractivity contribution in [3.05, 3.63) is 66.1 Å². The number of rotatable bonds is 6. The number of carbonyl (C=O) groups is 1. The van der Waals surface area contributed by atoms with E-state index >= 15 is 0 Å². The van der Waals surface area contributed by atoms with Crippen molar-refractivity contribution < 1.29 is 14.1 Å². The first kappa shape index (κ1) is 19.0. The summed E-state index contributed by atoms with van der Waals surface area (Å²) in [6.45, 7) is 1.26. The Hall–Kier alpha value is -3.35. The highest BCUT2D eigenvalue weighted by Gasteiger charge is 2.34. The van der Waals surface area contributed by atoms with Crippen LogP contribution in [0.1, 0.15) is 30.3 Å². The summed E-state index contributed by atoms with van der Waals surface area (Å²) in [5.74, 6) is 1.61. The van der Waals surface area contributed by atoms with Crippen LogP contribution in [0, 0.1) is 0 Å². The second-order valence-electron chi connectivity index (χ2n) is 6.98. The van der Waals surface area contributed by atoms with E-state index in [1.807, 2.05) is 42.5 Å². The third-order valence-corrected chi connectivity index (χ3v) is 5.12. The van der Waals surface area contributed by atoms with Crippen LogP contribution in [0.4, 0.5) is 4.79 Å². The summed E-state index contributed by atoms with van der Waals surface area (Å²) in [6, 6.07) is 17.3. The summed E-state index contributed by atoms with van der Waals surface area (Å²) < 4.78 is 10.9. The van der Waals surface area contributed by atoms with Crippen LogP contribution in [-0.4, -0.2) is 41.3 Å². The molecule has 1 fully saturated rings. The van der Waals surface area contributed by atoms with Crippen LogP contribution in [-0.2, 0) is 6.42 Å². The molecule has 1 aliphatic rings. The molecule has 1 saturated heterocycles. The lowest BCUT2D eigenvalue weighted by atomic mass is 10.1. The fourth-order valence-corrected chi connectivity index (χ4v) is 3.64. The molecule has 4 rings (SSSR count). The molecule has 150 valence electrons. The average Bonchev–Trinajstić information content (AvgIpc) is 3.44. The average molecular weight is 392 g/mol. The number of carbonyl (C=O) groups excluding carboxylic acids is 1. The second-order valence-corrected chi connectivity index (χ2v) is 6.98. The maximum Gasteiger partial charge on any atom is 0.318 e. The number of para-hydroxylation sites is 1. The summed E-state index contributed by atoms with van der Waals surface area (Å²) in [6.07, 6.45) is 2.51. The Kier molecular flexibility index (Phi) is 5.74. The number of nitrogens with zero attached hydrogens (tertiary/aromatic N) is 3. The summed E-state index contributed by atoms with van der Waals surface area (Å²) in [5, 5.41) is 7.12. The molecule has 0 unspecified atom stereocenters. The lowest BCUT2D eigenvalue weighted by Gasteiger charge is -2.22. The van der Waals surface area contributed by atoms with E-state index < -0.39 is 0 Å². The van der Waals surface area contributed by atoms with E-state index in [4.69, 9.17) is 9.26 Å². The molecule has 0 aliphatic carbocycles. The molecule has 0 bridgehead atoms. The Morgan fingerprint density at radius 1 is 1.21 bits per heavy atom. The number of urea groups is 1. The van der Waals surface area contributed by atoms with Crippen LogP contribution < -0.4 is 10.1 Å². The number of hydrogen-bond donors (Lipinski definition) is 1. The lowest BCUT2D eigenvalue weighted by molar-refractivity contribution is 0.180. The predicted octanol–water partition coefficient (Wildman–Crippen LogP) is 3.83. The van der Waals surface area contributed by atoms with E-state index in [9.17, 15) is 4.79 Å². The minimum atomic E-state index is -0.206. The van der Waals surface area contributed by atoms with Crippen LogP contribution in [0.2, 0.25) is 0 Å². The van der Waals surface area contributed by atoms with Gasteiger partial charge in [-0.05, 0) is 37.0 Å². The molecule has 2 heterocycles. The third-order valence-electron chi connectivity index (χ3n) is 5.12. The number of ether oxygens (including phenoxy) is 1. The Morgan fingerprint density at radius 3 is 2.83 bits per heavy atom. The monoisotopic (exact) mass is 392 g/mol. The molecule has 29 heavy (non-hydrogen) atoms. The largest absolute Gasteiger partial charge is 0.496 e. The zero-order chi connectivity index (χ0) is 20.1. The number of hydrogen-bond acceptors (Lipinski definition) is 5. The summed E-state index contributed by atoms with van der Waals surface area (Å²) in [7, 11) is 1.61. The van der Waals surface area contributed by atoms with E-state index in [-0.39, 0.29) is 12.1 Å². The fourth-order valence-electron chi connectivity index (χ4n) is 3.64. The molecule has 1 atom stereocenters. The Labute approximate surface area is 169 Å². The van der Waals surface area contributed by atoms with Gasteiger partial charge < -0.3 is 19.5 Å². The number of benzene rings is 2. The SMILES string of the molecule is COc1ccccc1-c1noc([C@@H]2CCCN2C(=O)NCCc2ccccc2)n1. The topological polar surface area (TPSA) is 80.5 Å². The maximum absolute atomic E-state index is 12.7. The Morgan fingerprint density at radius 2 is 2.00 bits per heavy atom. The molecular weight excluding hydrogens is 368 g/mol. The highest BCUT2D eigenvalue weighted by molar-refractivity contribution is 5.75. The molecule has 1 aliphatic heterocycles. The minimum absolute atomic E-state index is 0.0968. The van der Waals surface area contributed by atoms with Crippen LogP contribution in [0.25, 0.3) is 11.4 Å². The van der Waals surface area contributed by atoms with Gasteiger partial charge in [0.25, 0.3) is 0 Å². The number of aromatic nitrogens is 2. The third kappa shape index (κ3) is 4.23. The predicted molar refractivity (Wildman–Crippen MR) is 109 cm³/mol. The number of likely N-dealkylation sites (tertiary alicyclic amines) is 1. The molecule has 3 aromatic rings. The van der Waals surface area contributed by atoms with Crippen molar-refractivity contribution in [2.45, 2.75) is 25.3 Å². The van der Waals surface area contributed by atoms with Crippen LogP contribution >= 0.6 is 0 Å². The molecule has 7 nitrogen and oxygen atoms in total. The van der Waals surface area contributed by atoms with Crippen LogP contribution in [0.5, 0.6) is 5.75 Å². The standard InChI is InChI=1S/C22H24N4O3/c1-28-19-12-6-5-10-17(19)20-24-21(29-25-20)18-11-7-15-26(18)22(27)23-14-13-16-8-3-2-4-9-16/h2-6,8-10,12,18H,7,11,13-15H2,1H3,(H,23,27)/t18-/m0/s1. The number of amides is 2. The van der Waals surface area contributed by atoms with Crippen molar-refractivity contribution in [1.82, 2.24) is 20.4 Å². The van der Waals surface area contributed by atoms with Crippen molar-refractivity contribution in [2.24, 2.45) is 0 Å². The molecule has 1 aromatic heterocycles. The molecule has 0 saturated carbocycles. The second kappa shape index (κ2) is 8.77. The van der Waals surface area contributed by atoms with Crippen LogP contribution in [0.15, 0.2) is 59.1 Å². The zero-order valence-electron chi connectivity index (χ0n) is 16.4. The first-order valence-corrected chi connectivity index (χ1v) is 9.81. The van der Waals surface area contributed by atoms with Gasteiger partial charge in [0.05, 0.1) is 12.7 Å². The van der Waals surface area contributed by atoms with Gasteiger partial charge >= 0.3 is 6.03 Å². The van der Waals surface area contributed by atoms with Gasteiger partial charge in [0.1, 0.15) is 11.8 Å². The zero-order valence-corrected chi connectivity index (χ0v) is 16.4. The first-order valence-electron chi connectivity index (χ1n) is 9.81. The van der Waals surface area contributed by atoms with Crippen molar-refractivity contribution >= 4 is 6.03 Å². The Balaban J connectivity index is 1.42. The molecule has 0 radical (unpaired) electrons. The lowest BCUT2D eigenvalue weighted by Crippen LogP contribution is -2.40. The van der Waals surface area contributed by atoms with Crippen molar-refractivity contribution in [3.8, 4) is 17.1 Å². The highest BCUT2D eigenvalue weighted by Crippen LogP contribution is 2.33. The molecular formula is C22H24N4O3. The van der Waals surface area contributed by atoms with E-state index in [0.717, 1.165) is 24.8 Å². The molecule has 2 aromatic carbocycles. The van der Waals surface area contributed by atoms with Gasteiger partial charge in [0, 0.05) is 13.1 Å². The van der Waals surface area contributed by atoms with Gasteiger partial charge in [-0.25, -0.2) is 4.79 Å². The fraction of sp³-hybridized carbons (Fsp3) is 0.318. The quantitative estimate of drug-likeness (QED) is 0.689. The van der Waals surface area contributed by atoms with E-state index in [1.165, 1.54) is 5.56 Å². The van der Waals surface area contributed by atoms with Gasteiger partial charge in [0.2, 0.25) is 11.7 Å². The number of methoxy groups -OCH3 is 1. The van der Waals surface area contributed by atoms with Gasteiger partial charge in [-0.2, -0.15) is 4.98 Å². The maximum atomic E-state index is 12.7. The van der Waals surface area contributed by atoms with E-state index in [1.54, 1.807) is 12.0 Å². The number of nitrogens with one attached hydrogen (secondary N) is 1. The highest BCUT2D eigenvalue weighted by atomic mass is 16.5. The molecule has 2 amide bonds. The first-order chi connectivity index (χ1) is 14.3. The normalized spacial score (nSPS) is 16.0. The van der Waals surface area contributed by atoms with Gasteiger partial charge in [-0.15, -0.1) is 0 Å². The summed E-state index contributed by atoms with van der Waals surface area (Å²) in [5.41, 5.74) is 1.96. The summed E-state index contributed by atoms with van der Waals surface area (Å²) >= 11 is 0. The molecule has 0 spiro atoms. The molecule has 1 N–H and O–H groups in total. The molecule has 7 heteroatoms. The van der Waals surface area contributed by atoms with Gasteiger partial charge in [-0.3, -0.25) is 0 Å².